The first-order valence-electron chi connectivity index (χ1n) is 34.0. The van der Waals surface area contributed by atoms with Crippen LogP contribution < -0.4 is 16.0 Å². The van der Waals surface area contributed by atoms with Crippen LogP contribution in [0.3, 0.4) is 0 Å². The largest absolute Gasteiger partial charge is 0.417 e. The minimum atomic E-state index is -4.76. The fourth-order valence-electron chi connectivity index (χ4n) is 13.7. The number of benzene rings is 1. The van der Waals surface area contributed by atoms with Gasteiger partial charge in [0.15, 0.2) is 0 Å². The molecule has 1 spiro atoms. The number of carbonyl (C=O) groups is 12. The lowest BCUT2D eigenvalue weighted by Gasteiger charge is -2.41. The van der Waals surface area contributed by atoms with Crippen molar-refractivity contribution in [3.05, 3.63) is 34.3 Å². The average molecular weight is 1380 g/mol. The topological polar surface area (TPSA) is 270 Å². The Labute approximate surface area is 569 Å². The minimum absolute atomic E-state index is 0.0170. The fourth-order valence-corrected chi connectivity index (χ4v) is 14.0. The molecule has 2 aliphatic carbocycles. The molecule has 1 aromatic carbocycles. The summed E-state index contributed by atoms with van der Waals surface area (Å²) in [7, 11) is 12.7. The van der Waals surface area contributed by atoms with E-state index in [4.69, 9.17) is 11.6 Å². The molecule has 4 fully saturated rings. The van der Waals surface area contributed by atoms with Crippen LogP contribution in [0.15, 0.2) is 18.2 Å². The molecule has 3 N–H and O–H groups in total. The highest BCUT2D eigenvalue weighted by atomic mass is 35.5. The summed E-state index contributed by atoms with van der Waals surface area (Å²) in [5, 5.41) is 8.04. The van der Waals surface area contributed by atoms with Crippen molar-refractivity contribution in [2.75, 3.05) is 89.6 Å². The van der Waals surface area contributed by atoms with Crippen LogP contribution in [-0.4, -0.2) is 252 Å². The van der Waals surface area contributed by atoms with Crippen LogP contribution in [0.5, 0.6) is 0 Å². The van der Waals surface area contributed by atoms with Gasteiger partial charge < -0.3 is 60.0 Å². The molecule has 9 atom stereocenters. The first-order chi connectivity index (χ1) is 44.9. The second kappa shape index (κ2) is 34.9. The minimum Gasteiger partial charge on any atom is -0.347 e. The number of rotatable bonds is 12. The van der Waals surface area contributed by atoms with E-state index in [9.17, 15) is 56.3 Å². The Morgan fingerprint density at radius 2 is 1.25 bits per heavy atom. The number of aryl methyl sites for hydroxylation is 1. The van der Waals surface area contributed by atoms with Crippen LogP contribution in [0.1, 0.15) is 162 Å². The first kappa shape index (κ1) is 79.6. The summed E-state index contributed by atoms with van der Waals surface area (Å²) < 4.78 is 41.5. The van der Waals surface area contributed by atoms with Crippen LogP contribution in [-0.2, 0) is 70.1 Å². The molecule has 0 bridgehead atoms. The molecule has 28 heteroatoms. The predicted octanol–water partition coefficient (Wildman–Crippen LogP) is 4.96. The molecule has 2 saturated heterocycles. The zero-order valence-corrected chi connectivity index (χ0v) is 59.8. The molecule has 12 amide bonds. The van der Waals surface area contributed by atoms with E-state index in [1.165, 1.54) is 94.0 Å². The van der Waals surface area contributed by atoms with Gasteiger partial charge in [-0.3, -0.25) is 57.5 Å². The molecular formula is C68H106ClF3N12O12. The number of amides is 12. The van der Waals surface area contributed by atoms with Crippen molar-refractivity contribution in [2.24, 2.45) is 23.7 Å². The Morgan fingerprint density at radius 1 is 0.656 bits per heavy atom. The third-order valence-corrected chi connectivity index (χ3v) is 20.5. The van der Waals surface area contributed by atoms with Crippen molar-refractivity contribution in [3.8, 4) is 0 Å². The number of hydrogen-bond acceptors (Lipinski definition) is 12. The van der Waals surface area contributed by atoms with Crippen LogP contribution in [0.2, 0.25) is 5.02 Å². The van der Waals surface area contributed by atoms with Gasteiger partial charge in [-0.05, 0) is 92.7 Å². The maximum atomic E-state index is 15.4. The van der Waals surface area contributed by atoms with Gasteiger partial charge >= 0.3 is 6.18 Å². The molecule has 0 radical (unpaired) electrons. The lowest BCUT2D eigenvalue weighted by molar-refractivity contribution is -0.156. The summed E-state index contributed by atoms with van der Waals surface area (Å²) in [6.45, 7) is 9.17. The van der Waals surface area contributed by atoms with Gasteiger partial charge in [-0.25, -0.2) is 0 Å². The van der Waals surface area contributed by atoms with E-state index >= 15 is 14.4 Å². The monoisotopic (exact) mass is 1370 g/mol. The second-order valence-electron chi connectivity index (χ2n) is 28.0. The van der Waals surface area contributed by atoms with Gasteiger partial charge in [0.2, 0.25) is 70.9 Å². The highest BCUT2D eigenvalue weighted by Crippen LogP contribution is 2.37. The number of halogens is 4. The van der Waals surface area contributed by atoms with E-state index in [-0.39, 0.29) is 63.3 Å². The average Bonchev–Trinajstić information content (AvgIpc) is 1.28. The molecule has 1 unspecified atom stereocenters. The quantitative estimate of drug-likeness (QED) is 0.251. The highest BCUT2D eigenvalue weighted by Gasteiger charge is 2.51. The van der Waals surface area contributed by atoms with Crippen molar-refractivity contribution in [1.82, 2.24) is 60.0 Å². The fraction of sp³-hybridized carbons (Fsp3) is 0.735. The van der Waals surface area contributed by atoms with E-state index in [1.807, 2.05) is 27.7 Å². The maximum absolute atomic E-state index is 15.4. The zero-order chi connectivity index (χ0) is 72.0. The second-order valence-corrected chi connectivity index (χ2v) is 28.4. The normalized spacial score (nSPS) is 25.8. The summed E-state index contributed by atoms with van der Waals surface area (Å²) >= 11 is 6.13. The molecule has 538 valence electrons. The van der Waals surface area contributed by atoms with Crippen molar-refractivity contribution in [1.29, 1.82) is 0 Å². The van der Waals surface area contributed by atoms with Gasteiger partial charge in [-0.1, -0.05) is 117 Å². The number of fused-ring (bicyclic) bond motifs is 1. The van der Waals surface area contributed by atoms with E-state index in [1.54, 1.807) is 13.8 Å². The molecule has 96 heavy (non-hydrogen) atoms. The van der Waals surface area contributed by atoms with E-state index in [0.717, 1.165) is 63.8 Å². The molecule has 2 saturated carbocycles. The van der Waals surface area contributed by atoms with Gasteiger partial charge in [0, 0.05) is 70.0 Å². The summed E-state index contributed by atoms with van der Waals surface area (Å²) in [6.07, 6.45) is 1.50. The lowest BCUT2D eigenvalue weighted by atomic mass is 9.84. The predicted molar refractivity (Wildman–Crippen MR) is 355 cm³/mol. The molecule has 1 aromatic rings. The van der Waals surface area contributed by atoms with Crippen molar-refractivity contribution in [3.63, 3.8) is 0 Å². The van der Waals surface area contributed by atoms with Gasteiger partial charge in [-0.2, -0.15) is 13.2 Å². The Hall–Kier alpha value is -7.06. The molecule has 2 aliphatic heterocycles. The first-order valence-corrected chi connectivity index (χ1v) is 34.4. The van der Waals surface area contributed by atoms with Gasteiger partial charge in [-0.15, -0.1) is 0 Å². The van der Waals surface area contributed by atoms with E-state index in [2.05, 4.69) is 16.0 Å². The number of likely N-dealkylation sites (N-methyl/N-ethyl adjacent to an activating group) is 8. The SMILES string of the molecule is CC[C@H](C)[C@@H]1NC(=O)[C@H](CC(C)C)N(C)C(=O)C[C@@H](C(=O)N(C)C)N(C)C(=O)[C@H]([C@@H](C)CC)N(C)C(=O)C2(CCCC2)NC(=O)C2CCCN2C(=O)[C@H](CCc2ccc(C(F)(F)F)c(Cl)c2)NC(=O)CN(C)C(=O)[C@H](CC2CCCCC2)N(C)C(=O)CN(C)C(=O)CN(C)C1=O. The summed E-state index contributed by atoms with van der Waals surface area (Å²) in [6, 6.07) is -5.74. The van der Waals surface area contributed by atoms with Crippen LogP contribution in [0.4, 0.5) is 13.2 Å². The van der Waals surface area contributed by atoms with Crippen LogP contribution in [0.25, 0.3) is 0 Å². The molecular weight excluding hydrogens is 1270 g/mol. The maximum Gasteiger partial charge on any atom is 0.417 e. The standard InChI is InChI=1S/C68H106ClF3N12O12/c1-16-42(5)57-64(94)79(11)39-55(87)77(9)40-56(88)81(13)51(36-44-24-19-18-20-25-44)63(93)78(10)38-53(85)73-48(30-28-45-27-29-46(47(69)35-45)68(70,71)72)61(91)84-33-23-26-49(84)60(90)75-67(31-21-22-32-67)66(96)83(15)58(43(6)17-2)65(95)82(14)52(62(92)76(7)8)37-54(86)80(12)50(34-41(3)4)59(89)74-57/h27,29,35,41-44,48-52,57-58H,16-26,28,30-34,36-40H2,1-15H3,(H,73,85)(H,74,89)(H,75,90)/t42-,43-,48-,49?,50-,51-,52-,57-,58-/m0/s1. The summed E-state index contributed by atoms with van der Waals surface area (Å²) in [5.74, 6) is -9.36. The van der Waals surface area contributed by atoms with Gasteiger partial charge in [0.1, 0.15) is 47.8 Å². The number of alkyl halides is 3. The van der Waals surface area contributed by atoms with E-state index < -0.39 is 173 Å². The number of nitrogens with one attached hydrogen (secondary N) is 3. The van der Waals surface area contributed by atoms with Crippen molar-refractivity contribution < 1.29 is 70.7 Å². The Bertz CT molecular complexity index is 2980. The van der Waals surface area contributed by atoms with Gasteiger partial charge in [0.05, 0.1) is 36.6 Å². The number of hydrogen-bond donors (Lipinski definition) is 3. The van der Waals surface area contributed by atoms with Crippen LogP contribution >= 0.6 is 11.6 Å². The van der Waals surface area contributed by atoms with Crippen molar-refractivity contribution in [2.45, 2.75) is 211 Å². The molecule has 4 aliphatic rings. The number of carbonyl (C=O) groups excluding carboxylic acids is 12. The summed E-state index contributed by atoms with van der Waals surface area (Å²) in [4.78, 5) is 187. The third-order valence-electron chi connectivity index (χ3n) is 20.2. The Kier molecular flexibility index (Phi) is 29.0. The Balaban J connectivity index is 1.61. The van der Waals surface area contributed by atoms with Crippen LogP contribution in [0, 0.1) is 23.7 Å². The lowest BCUT2D eigenvalue weighted by Crippen LogP contribution is -2.65. The third kappa shape index (κ3) is 20.1. The molecule has 0 aromatic heterocycles. The summed E-state index contributed by atoms with van der Waals surface area (Å²) in [5.41, 5.74) is -2.37. The molecule has 24 nitrogen and oxygen atoms in total. The zero-order valence-electron chi connectivity index (χ0n) is 59.1. The molecule has 2 heterocycles. The highest BCUT2D eigenvalue weighted by molar-refractivity contribution is 6.31. The smallest absolute Gasteiger partial charge is 0.347 e. The number of nitrogens with zero attached hydrogens (tertiary/aromatic N) is 9. The van der Waals surface area contributed by atoms with Crippen molar-refractivity contribution >= 4 is 82.5 Å². The van der Waals surface area contributed by atoms with E-state index in [0.29, 0.717) is 37.7 Å². The Morgan fingerprint density at radius 3 is 1.82 bits per heavy atom. The van der Waals surface area contributed by atoms with Gasteiger partial charge in [0.25, 0.3) is 0 Å². The molecule has 5 rings (SSSR count).